The molecule has 0 amide bonds. The maximum Gasteiger partial charge on any atom is 0.0897 e. The second-order valence-electron chi connectivity index (χ2n) is 5.05. The van der Waals surface area contributed by atoms with Crippen LogP contribution in [0, 0.1) is 12.3 Å². The fraction of sp³-hybridized carbons (Fsp3) is 0.769. The van der Waals surface area contributed by atoms with Gasteiger partial charge in [0.25, 0.3) is 0 Å². The summed E-state index contributed by atoms with van der Waals surface area (Å²) in [5.74, 6) is 0. The van der Waals surface area contributed by atoms with Gasteiger partial charge >= 0.3 is 0 Å². The minimum atomic E-state index is 0.633. The van der Waals surface area contributed by atoms with E-state index in [1.807, 2.05) is 6.20 Å². The molecule has 0 aromatic carbocycles. The molecule has 1 aromatic rings. The van der Waals surface area contributed by atoms with E-state index < -0.39 is 0 Å². The van der Waals surface area contributed by atoms with Crippen LogP contribution in [-0.2, 0) is 6.54 Å². The largest absolute Gasteiger partial charge is 0.311 e. The second-order valence-corrected chi connectivity index (χ2v) is 6.37. The molecule has 0 saturated heterocycles. The van der Waals surface area contributed by atoms with E-state index in [1.54, 1.807) is 11.3 Å². The van der Waals surface area contributed by atoms with Gasteiger partial charge in [0, 0.05) is 24.2 Å². The zero-order chi connectivity index (χ0) is 11.4. The molecule has 2 rings (SSSR count). The minimum Gasteiger partial charge on any atom is -0.311 e. The molecule has 90 valence electrons. The van der Waals surface area contributed by atoms with Gasteiger partial charge < -0.3 is 5.32 Å². The normalized spacial score (nSPS) is 18.4. The third-order valence-corrected chi connectivity index (χ3v) is 4.58. The van der Waals surface area contributed by atoms with E-state index in [0.717, 1.165) is 6.54 Å². The van der Waals surface area contributed by atoms with E-state index in [-0.39, 0.29) is 0 Å². The van der Waals surface area contributed by atoms with Crippen molar-refractivity contribution < 1.29 is 0 Å². The summed E-state index contributed by atoms with van der Waals surface area (Å²) in [5, 5.41) is 4.78. The molecule has 0 bridgehead atoms. The monoisotopic (exact) mass is 238 g/mol. The molecule has 1 aliphatic rings. The molecule has 16 heavy (non-hydrogen) atoms. The van der Waals surface area contributed by atoms with Crippen LogP contribution in [0.3, 0.4) is 0 Å². The SMILES string of the molecule is CCCC1(CNCc2cnc(C)s2)CCC1. The van der Waals surface area contributed by atoms with Crippen LogP contribution < -0.4 is 5.32 Å². The summed E-state index contributed by atoms with van der Waals surface area (Å²) in [5.41, 5.74) is 0.633. The maximum absolute atomic E-state index is 4.28. The van der Waals surface area contributed by atoms with Crippen molar-refractivity contribution >= 4 is 11.3 Å². The number of rotatable bonds is 6. The molecule has 1 aliphatic carbocycles. The Bertz CT molecular complexity index is 328. The van der Waals surface area contributed by atoms with Gasteiger partial charge in [-0.2, -0.15) is 0 Å². The van der Waals surface area contributed by atoms with Crippen molar-refractivity contribution in [2.75, 3.05) is 6.54 Å². The molecule has 1 fully saturated rings. The lowest BCUT2D eigenvalue weighted by molar-refractivity contribution is 0.115. The molecule has 1 N–H and O–H groups in total. The van der Waals surface area contributed by atoms with Crippen molar-refractivity contribution in [2.24, 2.45) is 5.41 Å². The Morgan fingerprint density at radius 1 is 1.50 bits per heavy atom. The average molecular weight is 238 g/mol. The third-order valence-electron chi connectivity index (χ3n) is 3.66. The van der Waals surface area contributed by atoms with Crippen LogP contribution in [0.2, 0.25) is 0 Å². The molecule has 0 unspecified atom stereocenters. The summed E-state index contributed by atoms with van der Waals surface area (Å²) in [6, 6.07) is 0. The van der Waals surface area contributed by atoms with Crippen LogP contribution in [-0.4, -0.2) is 11.5 Å². The van der Waals surface area contributed by atoms with Crippen LogP contribution in [0.5, 0.6) is 0 Å². The number of aromatic nitrogens is 1. The Hall–Kier alpha value is -0.410. The zero-order valence-corrected chi connectivity index (χ0v) is 11.2. The topological polar surface area (TPSA) is 24.9 Å². The van der Waals surface area contributed by atoms with E-state index in [9.17, 15) is 0 Å². The van der Waals surface area contributed by atoms with Gasteiger partial charge in [-0.3, -0.25) is 0 Å². The van der Waals surface area contributed by atoms with Gasteiger partial charge in [0.2, 0.25) is 0 Å². The van der Waals surface area contributed by atoms with E-state index in [1.165, 1.54) is 48.5 Å². The van der Waals surface area contributed by atoms with Crippen molar-refractivity contribution in [3.05, 3.63) is 16.1 Å². The van der Waals surface area contributed by atoms with E-state index >= 15 is 0 Å². The van der Waals surface area contributed by atoms with Gasteiger partial charge in [-0.25, -0.2) is 4.98 Å². The smallest absolute Gasteiger partial charge is 0.0897 e. The third kappa shape index (κ3) is 2.83. The Labute approximate surface area is 102 Å². The van der Waals surface area contributed by atoms with Crippen molar-refractivity contribution in [1.29, 1.82) is 0 Å². The van der Waals surface area contributed by atoms with Gasteiger partial charge in [0.05, 0.1) is 5.01 Å². The quantitative estimate of drug-likeness (QED) is 0.820. The van der Waals surface area contributed by atoms with E-state index in [2.05, 4.69) is 24.1 Å². The first kappa shape index (κ1) is 12.1. The molecule has 3 heteroatoms. The lowest BCUT2D eigenvalue weighted by Crippen LogP contribution is -2.39. The number of aryl methyl sites for hydroxylation is 1. The molecule has 2 nitrogen and oxygen atoms in total. The highest BCUT2D eigenvalue weighted by Gasteiger charge is 2.35. The summed E-state index contributed by atoms with van der Waals surface area (Å²) >= 11 is 1.80. The van der Waals surface area contributed by atoms with Crippen molar-refractivity contribution in [3.63, 3.8) is 0 Å². The summed E-state index contributed by atoms with van der Waals surface area (Å²) in [6.45, 7) is 6.56. The van der Waals surface area contributed by atoms with Crippen LogP contribution in [0.1, 0.15) is 48.9 Å². The molecular weight excluding hydrogens is 216 g/mol. The number of hydrogen-bond donors (Lipinski definition) is 1. The number of nitrogens with one attached hydrogen (secondary N) is 1. The van der Waals surface area contributed by atoms with Gasteiger partial charge in [0.1, 0.15) is 0 Å². The van der Waals surface area contributed by atoms with Gasteiger partial charge in [-0.15, -0.1) is 11.3 Å². The molecule has 0 atom stereocenters. The van der Waals surface area contributed by atoms with Crippen molar-refractivity contribution in [2.45, 2.75) is 52.5 Å². The summed E-state index contributed by atoms with van der Waals surface area (Å²) in [6.07, 6.45) is 9.00. The Morgan fingerprint density at radius 2 is 2.31 bits per heavy atom. The summed E-state index contributed by atoms with van der Waals surface area (Å²) in [7, 11) is 0. The van der Waals surface area contributed by atoms with Gasteiger partial charge in [-0.1, -0.05) is 19.8 Å². The average Bonchev–Trinajstić information content (AvgIpc) is 2.60. The number of nitrogens with zero attached hydrogens (tertiary/aromatic N) is 1. The maximum atomic E-state index is 4.28. The standard InChI is InChI=1S/C13H22N2S/c1-3-5-13(6-4-7-13)10-14-8-12-9-15-11(2)16-12/h9,14H,3-8,10H2,1-2H3. The lowest BCUT2D eigenvalue weighted by atomic mass is 9.66. The van der Waals surface area contributed by atoms with Gasteiger partial charge in [-0.05, 0) is 31.6 Å². The molecule has 1 saturated carbocycles. The minimum absolute atomic E-state index is 0.633. The molecule has 1 heterocycles. The first-order chi connectivity index (χ1) is 7.74. The predicted octanol–water partition coefficient (Wildman–Crippen LogP) is 3.51. The highest BCUT2D eigenvalue weighted by molar-refractivity contribution is 7.11. The summed E-state index contributed by atoms with van der Waals surface area (Å²) < 4.78 is 0. The number of hydrogen-bond acceptors (Lipinski definition) is 3. The summed E-state index contributed by atoms with van der Waals surface area (Å²) in [4.78, 5) is 5.65. The van der Waals surface area contributed by atoms with Crippen LogP contribution in [0.4, 0.5) is 0 Å². The first-order valence-corrected chi connectivity index (χ1v) is 7.18. The Balaban J connectivity index is 1.74. The van der Waals surface area contributed by atoms with Crippen LogP contribution in [0.15, 0.2) is 6.20 Å². The van der Waals surface area contributed by atoms with Crippen LogP contribution >= 0.6 is 11.3 Å². The number of thiazole rings is 1. The van der Waals surface area contributed by atoms with E-state index in [0.29, 0.717) is 5.41 Å². The molecule has 0 spiro atoms. The lowest BCUT2D eigenvalue weighted by Gasteiger charge is -2.42. The van der Waals surface area contributed by atoms with Gasteiger partial charge in [0.15, 0.2) is 0 Å². The van der Waals surface area contributed by atoms with E-state index in [4.69, 9.17) is 0 Å². The molecular formula is C13H22N2S. The second kappa shape index (κ2) is 5.28. The van der Waals surface area contributed by atoms with Crippen molar-refractivity contribution in [1.82, 2.24) is 10.3 Å². The highest BCUT2D eigenvalue weighted by Crippen LogP contribution is 2.44. The van der Waals surface area contributed by atoms with Crippen molar-refractivity contribution in [3.8, 4) is 0 Å². The molecule has 1 aromatic heterocycles. The zero-order valence-electron chi connectivity index (χ0n) is 10.4. The first-order valence-electron chi connectivity index (χ1n) is 6.36. The fourth-order valence-electron chi connectivity index (χ4n) is 2.66. The molecule has 0 radical (unpaired) electrons. The van der Waals surface area contributed by atoms with Crippen LogP contribution in [0.25, 0.3) is 0 Å². The fourth-order valence-corrected chi connectivity index (χ4v) is 3.42. The Morgan fingerprint density at radius 3 is 2.81 bits per heavy atom. The Kier molecular flexibility index (Phi) is 3.98. The highest BCUT2D eigenvalue weighted by atomic mass is 32.1. The molecule has 0 aliphatic heterocycles. The predicted molar refractivity (Wildman–Crippen MR) is 69.7 cm³/mol.